The second kappa shape index (κ2) is 9.37. The van der Waals surface area contributed by atoms with E-state index in [4.69, 9.17) is 16.3 Å². The molecule has 0 bridgehead atoms. The van der Waals surface area contributed by atoms with Crippen molar-refractivity contribution in [1.82, 2.24) is 4.57 Å². The first-order chi connectivity index (χ1) is 14.7. The van der Waals surface area contributed by atoms with Gasteiger partial charge in [0.25, 0.3) is 5.56 Å². The smallest absolute Gasteiger partial charge is 0.258 e. The van der Waals surface area contributed by atoms with Gasteiger partial charge in [-0.2, -0.15) is 0 Å². The largest absolute Gasteiger partial charge is 0.373 e. The Bertz CT molecular complexity index is 1150. The van der Waals surface area contributed by atoms with Gasteiger partial charge in [0.1, 0.15) is 6.29 Å². The predicted molar refractivity (Wildman–Crippen MR) is 128 cm³/mol. The number of rotatable bonds is 8. The van der Waals surface area contributed by atoms with E-state index >= 15 is 0 Å². The third-order valence-corrected chi connectivity index (χ3v) is 6.38. The van der Waals surface area contributed by atoms with Gasteiger partial charge >= 0.3 is 0 Å². The molecule has 164 valence electrons. The maximum Gasteiger partial charge on any atom is 0.258 e. The Labute approximate surface area is 188 Å². The molecule has 1 heterocycles. The number of benzene rings is 2. The maximum atomic E-state index is 13.2. The van der Waals surface area contributed by atoms with Gasteiger partial charge in [0.2, 0.25) is 0 Å². The Morgan fingerprint density at radius 2 is 1.81 bits per heavy atom. The summed E-state index contributed by atoms with van der Waals surface area (Å²) in [4.78, 5) is 25.4. The van der Waals surface area contributed by atoms with Crippen molar-refractivity contribution in [3.8, 4) is 11.1 Å². The summed E-state index contributed by atoms with van der Waals surface area (Å²) in [5.74, 6) is -0.300. The first-order valence-electron chi connectivity index (χ1n) is 10.6. The van der Waals surface area contributed by atoms with Crippen molar-refractivity contribution in [3.63, 3.8) is 0 Å². The van der Waals surface area contributed by atoms with E-state index in [1.165, 1.54) is 5.56 Å². The van der Waals surface area contributed by atoms with Gasteiger partial charge in [0.05, 0.1) is 24.0 Å². The molecule has 0 aliphatic heterocycles. The highest BCUT2D eigenvalue weighted by atomic mass is 35.5. The molecule has 4 nitrogen and oxygen atoms in total. The number of aromatic nitrogens is 1. The van der Waals surface area contributed by atoms with Crippen molar-refractivity contribution in [2.45, 2.75) is 45.6 Å². The number of pyridine rings is 1. The van der Waals surface area contributed by atoms with E-state index in [1.807, 2.05) is 39.0 Å². The summed E-state index contributed by atoms with van der Waals surface area (Å²) >= 11 is 6.01. The lowest BCUT2D eigenvalue weighted by Gasteiger charge is -2.27. The summed E-state index contributed by atoms with van der Waals surface area (Å²) in [5, 5.41) is 1.49. The molecule has 1 unspecified atom stereocenters. The van der Waals surface area contributed by atoms with Gasteiger partial charge in [-0.3, -0.25) is 4.79 Å². The van der Waals surface area contributed by atoms with Crippen LogP contribution in [0.5, 0.6) is 0 Å². The molecule has 0 radical (unpaired) electrons. The first kappa shape index (κ1) is 23.2. The zero-order chi connectivity index (χ0) is 22.8. The second-order valence-corrected chi connectivity index (χ2v) is 8.94. The number of carbonyl (C=O) groups excluding carboxylic acids is 1. The highest BCUT2D eigenvalue weighted by Crippen LogP contribution is 2.35. The van der Waals surface area contributed by atoms with Crippen LogP contribution in [0.1, 0.15) is 43.5 Å². The van der Waals surface area contributed by atoms with Crippen molar-refractivity contribution in [3.05, 3.63) is 69.6 Å². The van der Waals surface area contributed by atoms with Crippen molar-refractivity contribution in [2.24, 2.45) is 7.05 Å². The lowest BCUT2D eigenvalue weighted by atomic mass is 9.90. The number of aldehydes is 1. The van der Waals surface area contributed by atoms with Crippen LogP contribution in [-0.4, -0.2) is 28.9 Å². The average Bonchev–Trinajstić information content (AvgIpc) is 2.77. The van der Waals surface area contributed by atoms with Gasteiger partial charge in [0.15, 0.2) is 0 Å². The number of aryl methyl sites for hydroxylation is 2. The van der Waals surface area contributed by atoms with Gasteiger partial charge in [0, 0.05) is 23.7 Å². The Hall–Kier alpha value is -2.43. The fraction of sp³-hybridized carbons (Fsp3) is 0.385. The third-order valence-electron chi connectivity index (χ3n) is 5.74. The molecule has 0 saturated heterocycles. The van der Waals surface area contributed by atoms with Crippen LogP contribution >= 0.6 is 11.6 Å². The molecule has 0 amide bonds. The Balaban J connectivity index is 2.31. The number of hydrogen-bond acceptors (Lipinski definition) is 3. The Morgan fingerprint density at radius 1 is 1.13 bits per heavy atom. The molecule has 0 N–H and O–H groups in total. The molecule has 31 heavy (non-hydrogen) atoms. The molecule has 0 fully saturated rings. The number of hydrogen-bond donors (Lipinski definition) is 0. The van der Waals surface area contributed by atoms with E-state index < -0.39 is 11.5 Å². The lowest BCUT2D eigenvalue weighted by Crippen LogP contribution is -2.31. The number of carbonyl (C=O) groups is 1. The minimum absolute atomic E-state index is 0.123. The Kier molecular flexibility index (Phi) is 7.03. The summed E-state index contributed by atoms with van der Waals surface area (Å²) in [5.41, 5.74) is 4.12. The first-order valence-corrected chi connectivity index (χ1v) is 11.1. The van der Waals surface area contributed by atoms with Crippen LogP contribution in [0.15, 0.2) is 47.3 Å². The van der Waals surface area contributed by atoms with E-state index in [-0.39, 0.29) is 12.2 Å². The molecule has 0 aliphatic rings. The van der Waals surface area contributed by atoms with Crippen LogP contribution in [0.3, 0.4) is 0 Å². The minimum Gasteiger partial charge on any atom is -0.373 e. The van der Waals surface area contributed by atoms with E-state index in [0.29, 0.717) is 17.0 Å². The quantitative estimate of drug-likeness (QED) is 0.349. The van der Waals surface area contributed by atoms with E-state index in [2.05, 4.69) is 31.2 Å². The van der Waals surface area contributed by atoms with Crippen LogP contribution in [0.4, 0.5) is 0 Å². The van der Waals surface area contributed by atoms with Crippen LogP contribution in [0.2, 0.25) is 0 Å². The van der Waals surface area contributed by atoms with Gasteiger partial charge in [-0.15, -0.1) is 11.6 Å². The standard InChI is InChI=1S/C26H30ClNO3/c1-6-18-8-10-19(11-9-18)23-22-13-17(2)7-12-21(22)25(30)28(5)24(23)20(14-29)15-31-26(3,4)16-27/h7-14,20H,6,15-16H2,1-5H3. The van der Waals surface area contributed by atoms with Crippen LogP contribution in [0.25, 0.3) is 21.9 Å². The van der Waals surface area contributed by atoms with Gasteiger partial charge < -0.3 is 14.1 Å². The molecular weight excluding hydrogens is 410 g/mol. The fourth-order valence-electron chi connectivity index (χ4n) is 3.83. The molecule has 2 aromatic carbocycles. The molecule has 0 spiro atoms. The van der Waals surface area contributed by atoms with E-state index in [1.54, 1.807) is 11.6 Å². The number of halogens is 1. The highest BCUT2D eigenvalue weighted by molar-refractivity contribution is 6.18. The predicted octanol–water partition coefficient (Wildman–Crippen LogP) is 5.39. The second-order valence-electron chi connectivity index (χ2n) is 8.67. The summed E-state index contributed by atoms with van der Waals surface area (Å²) in [6.07, 6.45) is 1.81. The molecule has 3 aromatic rings. The zero-order valence-electron chi connectivity index (χ0n) is 18.9. The molecule has 1 aromatic heterocycles. The maximum absolute atomic E-state index is 13.2. The molecule has 5 heteroatoms. The topological polar surface area (TPSA) is 48.3 Å². The monoisotopic (exact) mass is 439 g/mol. The summed E-state index contributed by atoms with van der Waals surface area (Å²) in [7, 11) is 1.73. The number of ether oxygens (including phenoxy) is 1. The molecular formula is C26H30ClNO3. The van der Waals surface area contributed by atoms with Crippen molar-refractivity contribution in [2.75, 3.05) is 12.5 Å². The van der Waals surface area contributed by atoms with Crippen LogP contribution in [0, 0.1) is 6.92 Å². The highest BCUT2D eigenvalue weighted by Gasteiger charge is 2.26. The SMILES string of the molecule is CCc1ccc(-c2c(C(C=O)COC(C)(C)CCl)n(C)c(=O)c3ccc(C)cc23)cc1. The van der Waals surface area contributed by atoms with Crippen LogP contribution < -0.4 is 5.56 Å². The molecule has 0 aliphatic carbocycles. The molecule has 1 atom stereocenters. The summed E-state index contributed by atoms with van der Waals surface area (Å²) < 4.78 is 7.56. The van der Waals surface area contributed by atoms with Crippen molar-refractivity contribution in [1.29, 1.82) is 0 Å². The van der Waals surface area contributed by atoms with Crippen LogP contribution in [-0.2, 0) is 23.0 Å². The van der Waals surface area contributed by atoms with Gasteiger partial charge in [-0.1, -0.05) is 48.9 Å². The van der Waals surface area contributed by atoms with Gasteiger partial charge in [-0.05, 0) is 49.8 Å². The summed E-state index contributed by atoms with van der Waals surface area (Å²) in [6, 6.07) is 14.1. The minimum atomic E-state index is -0.606. The zero-order valence-corrected chi connectivity index (χ0v) is 19.6. The van der Waals surface area contributed by atoms with E-state index in [9.17, 15) is 9.59 Å². The Morgan fingerprint density at radius 3 is 2.39 bits per heavy atom. The van der Waals surface area contributed by atoms with Crippen molar-refractivity contribution < 1.29 is 9.53 Å². The normalized spacial score (nSPS) is 12.8. The number of fused-ring (bicyclic) bond motifs is 1. The summed E-state index contributed by atoms with van der Waals surface area (Å²) in [6.45, 7) is 8.03. The van der Waals surface area contributed by atoms with Crippen molar-refractivity contribution >= 4 is 28.7 Å². The fourth-order valence-corrected chi connectivity index (χ4v) is 3.91. The third kappa shape index (κ3) is 4.76. The molecule has 3 rings (SSSR count). The van der Waals surface area contributed by atoms with Gasteiger partial charge in [-0.25, -0.2) is 0 Å². The number of alkyl halides is 1. The molecule has 0 saturated carbocycles. The lowest BCUT2D eigenvalue weighted by molar-refractivity contribution is -0.111. The average molecular weight is 440 g/mol. The number of nitrogens with zero attached hydrogens (tertiary/aromatic N) is 1. The van der Waals surface area contributed by atoms with E-state index in [0.717, 1.165) is 34.8 Å².